The van der Waals surface area contributed by atoms with Crippen molar-refractivity contribution < 1.29 is 41.0 Å². The van der Waals surface area contributed by atoms with E-state index in [4.69, 9.17) is 0 Å². The summed E-state index contributed by atoms with van der Waals surface area (Å²) in [5.74, 6) is -1.43. The lowest BCUT2D eigenvalue weighted by atomic mass is 9.94. The molecule has 5 rings (SSSR count). The van der Waals surface area contributed by atoms with Crippen molar-refractivity contribution in [3.05, 3.63) is 60.3 Å². The van der Waals surface area contributed by atoms with E-state index in [1.54, 1.807) is 18.2 Å². The second-order valence-corrected chi connectivity index (χ2v) is 11.7. The van der Waals surface area contributed by atoms with Crippen molar-refractivity contribution in [1.29, 1.82) is 0 Å². The van der Waals surface area contributed by atoms with Crippen LogP contribution >= 0.6 is 0 Å². The van der Waals surface area contributed by atoms with Crippen molar-refractivity contribution in [2.24, 2.45) is 5.92 Å². The standard InChI is InChI=1S/C27H27F3N4O6S/c28-27(29,30)40-22-15-19(25(35)33-13-14-34(26(36)37)21(16-33)17-5-1-2-6-17)10-11-20(22)32-41(38,39)23-9-3-7-18-8-4-12-31-24(18)23/h3-4,7-12,15,17,21,32H,1-2,5-6,13-14,16H2,(H,36,37). The number of rotatable bonds is 6. The Morgan fingerprint density at radius 1 is 1.05 bits per heavy atom. The van der Waals surface area contributed by atoms with Crippen LogP contribution < -0.4 is 9.46 Å². The maximum Gasteiger partial charge on any atom is 0.573 e. The predicted molar refractivity (Wildman–Crippen MR) is 142 cm³/mol. The summed E-state index contributed by atoms with van der Waals surface area (Å²) in [7, 11) is -4.42. The highest BCUT2D eigenvalue weighted by molar-refractivity contribution is 7.93. The summed E-state index contributed by atoms with van der Waals surface area (Å²) >= 11 is 0. The van der Waals surface area contributed by atoms with Gasteiger partial charge >= 0.3 is 12.5 Å². The monoisotopic (exact) mass is 592 g/mol. The Bertz CT molecular complexity index is 1570. The van der Waals surface area contributed by atoms with Gasteiger partial charge in [-0.15, -0.1) is 13.2 Å². The minimum atomic E-state index is -5.18. The molecule has 14 heteroatoms. The van der Waals surface area contributed by atoms with Crippen molar-refractivity contribution >= 4 is 38.6 Å². The fourth-order valence-electron chi connectivity index (χ4n) is 5.60. The molecule has 1 aromatic heterocycles. The lowest BCUT2D eigenvalue weighted by Gasteiger charge is -2.42. The van der Waals surface area contributed by atoms with Gasteiger partial charge in [-0.2, -0.15) is 0 Å². The van der Waals surface area contributed by atoms with E-state index in [1.807, 2.05) is 0 Å². The van der Waals surface area contributed by atoms with E-state index in [2.05, 4.69) is 14.4 Å². The maximum atomic E-state index is 13.4. The Hall–Kier alpha value is -4.07. The molecule has 1 saturated carbocycles. The third kappa shape index (κ3) is 6.16. The number of nitrogens with zero attached hydrogens (tertiary/aromatic N) is 3. The third-order valence-electron chi connectivity index (χ3n) is 7.48. The Morgan fingerprint density at radius 3 is 2.49 bits per heavy atom. The SMILES string of the molecule is O=C(c1ccc(NS(=O)(=O)c2cccc3cccnc23)c(OC(F)(F)F)c1)N1CCN(C(=O)O)C(C2CCCC2)C1. The first-order chi connectivity index (χ1) is 19.4. The molecule has 0 radical (unpaired) electrons. The Kier molecular flexibility index (Phi) is 7.68. The minimum Gasteiger partial charge on any atom is -0.465 e. The molecule has 41 heavy (non-hydrogen) atoms. The zero-order valence-corrected chi connectivity index (χ0v) is 22.5. The Balaban J connectivity index is 1.44. The number of sulfonamides is 1. The van der Waals surface area contributed by atoms with E-state index in [9.17, 15) is 36.3 Å². The molecular formula is C27H27F3N4O6S. The minimum absolute atomic E-state index is 0.0618. The fourth-order valence-corrected chi connectivity index (χ4v) is 6.85. The predicted octanol–water partition coefficient (Wildman–Crippen LogP) is 4.93. The average Bonchev–Trinajstić information content (AvgIpc) is 3.47. The summed E-state index contributed by atoms with van der Waals surface area (Å²) < 4.78 is 72.8. The number of amides is 2. The molecule has 2 amide bonds. The van der Waals surface area contributed by atoms with Gasteiger partial charge in [0.15, 0.2) is 5.75 Å². The molecule has 2 N–H and O–H groups in total. The number of pyridine rings is 1. The van der Waals surface area contributed by atoms with Gasteiger partial charge in [0.05, 0.1) is 17.2 Å². The summed E-state index contributed by atoms with van der Waals surface area (Å²) in [6.07, 6.45) is -1.26. The molecule has 1 aliphatic heterocycles. The van der Waals surface area contributed by atoms with E-state index in [-0.39, 0.29) is 41.5 Å². The molecule has 1 unspecified atom stereocenters. The Morgan fingerprint density at radius 2 is 1.78 bits per heavy atom. The molecule has 1 aliphatic carbocycles. The summed E-state index contributed by atoms with van der Waals surface area (Å²) in [6, 6.07) is 10.3. The highest BCUT2D eigenvalue weighted by Crippen LogP contribution is 2.36. The fraction of sp³-hybridized carbons (Fsp3) is 0.370. The maximum absolute atomic E-state index is 13.4. The third-order valence-corrected chi connectivity index (χ3v) is 8.88. The van der Waals surface area contributed by atoms with Crippen LogP contribution in [-0.4, -0.2) is 72.3 Å². The highest BCUT2D eigenvalue weighted by Gasteiger charge is 2.39. The number of benzene rings is 2. The van der Waals surface area contributed by atoms with Crippen molar-refractivity contribution in [1.82, 2.24) is 14.8 Å². The summed E-state index contributed by atoms with van der Waals surface area (Å²) in [5.41, 5.74) is -0.552. The van der Waals surface area contributed by atoms with Gasteiger partial charge in [-0.25, -0.2) is 13.2 Å². The molecule has 0 spiro atoms. The number of nitrogens with one attached hydrogen (secondary N) is 1. The van der Waals surface area contributed by atoms with Crippen LogP contribution in [0.1, 0.15) is 36.0 Å². The first-order valence-corrected chi connectivity index (χ1v) is 14.5. The number of fused-ring (bicyclic) bond motifs is 1. The Labute approximate surface area is 233 Å². The van der Waals surface area contributed by atoms with Crippen LogP contribution in [0.25, 0.3) is 10.9 Å². The number of carbonyl (C=O) groups excluding carboxylic acids is 1. The molecule has 2 aliphatic rings. The number of halogens is 3. The number of para-hydroxylation sites is 1. The zero-order chi connectivity index (χ0) is 29.4. The number of hydrogen-bond acceptors (Lipinski definition) is 6. The average molecular weight is 593 g/mol. The summed E-state index contributed by atoms with van der Waals surface area (Å²) in [4.78, 5) is 31.8. The molecule has 1 saturated heterocycles. The summed E-state index contributed by atoms with van der Waals surface area (Å²) in [6.45, 7) is 0.241. The number of hydrogen-bond donors (Lipinski definition) is 2. The van der Waals surface area contributed by atoms with Gasteiger partial charge in [-0.1, -0.05) is 31.0 Å². The summed E-state index contributed by atoms with van der Waals surface area (Å²) in [5, 5.41) is 10.2. The van der Waals surface area contributed by atoms with E-state index < -0.39 is 45.9 Å². The number of carboxylic acid groups (broad SMARTS) is 1. The second-order valence-electron chi connectivity index (χ2n) is 10.0. The van der Waals surface area contributed by atoms with Gasteiger partial charge in [0.25, 0.3) is 15.9 Å². The number of ether oxygens (including phenoxy) is 1. The molecule has 2 fully saturated rings. The first kappa shape index (κ1) is 28.5. The van der Waals surface area contributed by atoms with Crippen LogP contribution in [0.3, 0.4) is 0 Å². The highest BCUT2D eigenvalue weighted by atomic mass is 32.2. The quantitative estimate of drug-likeness (QED) is 0.415. The second kappa shape index (κ2) is 11.1. The smallest absolute Gasteiger partial charge is 0.465 e. The number of piperazine rings is 1. The molecular weight excluding hydrogens is 565 g/mol. The normalized spacial score (nSPS) is 18.5. The molecule has 2 aromatic carbocycles. The zero-order valence-electron chi connectivity index (χ0n) is 21.7. The van der Waals surface area contributed by atoms with Gasteiger partial charge in [0.1, 0.15) is 4.90 Å². The van der Waals surface area contributed by atoms with Crippen LogP contribution in [-0.2, 0) is 10.0 Å². The number of anilines is 1. The van der Waals surface area contributed by atoms with Crippen molar-refractivity contribution in [2.45, 2.75) is 43.0 Å². The van der Waals surface area contributed by atoms with Gasteiger partial charge in [0.2, 0.25) is 0 Å². The largest absolute Gasteiger partial charge is 0.573 e. The molecule has 3 aromatic rings. The van der Waals surface area contributed by atoms with Crippen molar-refractivity contribution in [3.63, 3.8) is 0 Å². The van der Waals surface area contributed by atoms with E-state index in [0.717, 1.165) is 37.8 Å². The molecule has 0 bridgehead atoms. The lowest BCUT2D eigenvalue weighted by molar-refractivity contribution is -0.274. The van der Waals surface area contributed by atoms with E-state index in [0.29, 0.717) is 5.39 Å². The number of aromatic nitrogens is 1. The van der Waals surface area contributed by atoms with Crippen LogP contribution in [0.5, 0.6) is 5.75 Å². The van der Waals surface area contributed by atoms with E-state index >= 15 is 0 Å². The van der Waals surface area contributed by atoms with E-state index in [1.165, 1.54) is 34.2 Å². The van der Waals surface area contributed by atoms with Crippen LogP contribution in [0.4, 0.5) is 23.7 Å². The lowest BCUT2D eigenvalue weighted by Crippen LogP contribution is -2.58. The van der Waals surface area contributed by atoms with Gasteiger partial charge in [-0.3, -0.25) is 14.5 Å². The van der Waals surface area contributed by atoms with Crippen molar-refractivity contribution in [2.75, 3.05) is 24.4 Å². The van der Waals surface area contributed by atoms with Gasteiger partial charge in [-0.05, 0) is 49.1 Å². The first-order valence-electron chi connectivity index (χ1n) is 13.0. The van der Waals surface area contributed by atoms with Crippen LogP contribution in [0, 0.1) is 5.92 Å². The molecule has 2 heterocycles. The molecule has 10 nitrogen and oxygen atoms in total. The molecule has 1 atom stereocenters. The van der Waals surface area contributed by atoms with Crippen LogP contribution in [0.15, 0.2) is 59.6 Å². The van der Waals surface area contributed by atoms with Crippen LogP contribution in [0.2, 0.25) is 0 Å². The van der Waals surface area contributed by atoms with Gasteiger partial charge < -0.3 is 19.6 Å². The topological polar surface area (TPSA) is 129 Å². The number of alkyl halides is 3. The van der Waals surface area contributed by atoms with Gasteiger partial charge in [0, 0.05) is 36.8 Å². The van der Waals surface area contributed by atoms with Crippen molar-refractivity contribution in [3.8, 4) is 5.75 Å². The molecule has 218 valence electrons. The number of carbonyl (C=O) groups is 2.